The molecule has 3 aromatic carbocycles. The molecule has 0 fully saturated rings. The molecule has 108 valence electrons. The third kappa shape index (κ3) is 2.56. The molecule has 1 heterocycles. The van der Waals surface area contributed by atoms with Crippen molar-refractivity contribution < 1.29 is 0 Å². The smallest absolute Gasteiger partial charge is 0.114 e. The first-order valence-electron chi connectivity index (χ1n) is 7.67. The van der Waals surface area contributed by atoms with Crippen LogP contribution < -0.4 is 0 Å². The summed E-state index contributed by atoms with van der Waals surface area (Å²) in [6.45, 7) is 2.12. The highest BCUT2D eigenvalue weighted by atomic mass is 14.7. The number of pyridine rings is 1. The van der Waals surface area contributed by atoms with Crippen molar-refractivity contribution in [3.63, 3.8) is 0 Å². The second-order valence-electron chi connectivity index (χ2n) is 5.62. The molecule has 1 aromatic heterocycles. The lowest BCUT2D eigenvalue weighted by Crippen LogP contribution is -1.90. The molecule has 23 heavy (non-hydrogen) atoms. The zero-order chi connectivity index (χ0) is 15.6. The molecular formula is C22H15N. The molecule has 0 aliphatic heterocycles. The number of hydrogen-bond acceptors (Lipinski definition) is 1. The maximum absolute atomic E-state index is 4.81. The third-order valence-electron chi connectivity index (χ3n) is 4.02. The summed E-state index contributed by atoms with van der Waals surface area (Å²) in [5.41, 5.74) is 4.05. The Morgan fingerprint density at radius 2 is 1.52 bits per heavy atom. The quantitative estimate of drug-likeness (QED) is 0.325. The van der Waals surface area contributed by atoms with Gasteiger partial charge in [0.25, 0.3) is 0 Å². The van der Waals surface area contributed by atoms with E-state index in [1.54, 1.807) is 0 Å². The van der Waals surface area contributed by atoms with Gasteiger partial charge in [-0.2, -0.15) is 0 Å². The number of nitrogens with zero attached hydrogens (tertiary/aromatic N) is 1. The summed E-state index contributed by atoms with van der Waals surface area (Å²) < 4.78 is 0. The van der Waals surface area contributed by atoms with Crippen LogP contribution in [0, 0.1) is 18.8 Å². The summed E-state index contributed by atoms with van der Waals surface area (Å²) in [5, 5.41) is 3.57. The van der Waals surface area contributed by atoms with E-state index in [1.807, 2.05) is 30.3 Å². The standard InChI is InChI=1S/C22H15N/c1-16-15-19(13-11-17-7-3-2-4-8-17)23-22-20(16)14-12-18-9-5-6-10-21(18)22/h2-10,12,14-15H,1H3. The van der Waals surface area contributed by atoms with Crippen molar-refractivity contribution in [2.45, 2.75) is 6.92 Å². The van der Waals surface area contributed by atoms with Crippen LogP contribution in [0.25, 0.3) is 21.7 Å². The maximum Gasteiger partial charge on any atom is 0.114 e. The van der Waals surface area contributed by atoms with E-state index in [-0.39, 0.29) is 0 Å². The van der Waals surface area contributed by atoms with Crippen LogP contribution in [0.3, 0.4) is 0 Å². The van der Waals surface area contributed by atoms with Gasteiger partial charge >= 0.3 is 0 Å². The minimum Gasteiger partial charge on any atom is -0.239 e. The summed E-state index contributed by atoms with van der Waals surface area (Å²) in [6.07, 6.45) is 0. The van der Waals surface area contributed by atoms with Crippen molar-refractivity contribution in [3.8, 4) is 11.8 Å². The van der Waals surface area contributed by atoms with Gasteiger partial charge < -0.3 is 0 Å². The number of hydrogen-bond donors (Lipinski definition) is 0. The molecule has 0 aliphatic rings. The first kappa shape index (κ1) is 13.5. The Morgan fingerprint density at radius 1 is 0.739 bits per heavy atom. The Kier molecular flexibility index (Phi) is 3.29. The van der Waals surface area contributed by atoms with E-state index in [1.165, 1.54) is 21.7 Å². The SMILES string of the molecule is Cc1cc(C#Cc2ccccc2)nc2c1ccc1ccccc12. The third-order valence-corrected chi connectivity index (χ3v) is 4.02. The number of fused-ring (bicyclic) bond motifs is 3. The molecule has 0 N–H and O–H groups in total. The lowest BCUT2D eigenvalue weighted by molar-refractivity contribution is 1.33. The molecule has 0 spiro atoms. The Morgan fingerprint density at radius 3 is 2.39 bits per heavy atom. The molecular weight excluding hydrogens is 278 g/mol. The van der Waals surface area contributed by atoms with Gasteiger partial charge in [-0.1, -0.05) is 60.5 Å². The van der Waals surface area contributed by atoms with Crippen LogP contribution in [0.2, 0.25) is 0 Å². The van der Waals surface area contributed by atoms with Gasteiger partial charge in [0.2, 0.25) is 0 Å². The van der Waals surface area contributed by atoms with E-state index in [0.29, 0.717) is 0 Å². The normalized spacial score (nSPS) is 10.5. The van der Waals surface area contributed by atoms with Crippen molar-refractivity contribution in [1.82, 2.24) is 4.98 Å². The summed E-state index contributed by atoms with van der Waals surface area (Å²) in [4.78, 5) is 4.81. The van der Waals surface area contributed by atoms with Crippen molar-refractivity contribution in [2.75, 3.05) is 0 Å². The first-order chi connectivity index (χ1) is 11.3. The summed E-state index contributed by atoms with van der Waals surface area (Å²) in [6, 6.07) is 24.7. The molecule has 0 unspecified atom stereocenters. The maximum atomic E-state index is 4.81. The number of aryl methyl sites for hydroxylation is 1. The van der Waals surface area contributed by atoms with E-state index in [0.717, 1.165) is 16.8 Å². The van der Waals surface area contributed by atoms with Crippen molar-refractivity contribution in [1.29, 1.82) is 0 Å². The lowest BCUT2D eigenvalue weighted by atomic mass is 10.0. The fourth-order valence-electron chi connectivity index (χ4n) is 2.85. The fourth-order valence-corrected chi connectivity index (χ4v) is 2.85. The van der Waals surface area contributed by atoms with Crippen LogP contribution in [0.15, 0.2) is 72.8 Å². The Hall–Kier alpha value is -3.11. The van der Waals surface area contributed by atoms with Crippen molar-refractivity contribution in [2.24, 2.45) is 0 Å². The molecule has 0 aliphatic carbocycles. The molecule has 0 bridgehead atoms. The summed E-state index contributed by atoms with van der Waals surface area (Å²) in [5.74, 6) is 6.39. The van der Waals surface area contributed by atoms with Gasteiger partial charge in [-0.15, -0.1) is 0 Å². The molecule has 0 atom stereocenters. The highest BCUT2D eigenvalue weighted by Gasteiger charge is 2.05. The van der Waals surface area contributed by atoms with E-state index < -0.39 is 0 Å². The fraction of sp³-hybridized carbons (Fsp3) is 0.0455. The topological polar surface area (TPSA) is 12.9 Å². The van der Waals surface area contributed by atoms with Crippen LogP contribution in [-0.2, 0) is 0 Å². The predicted octanol–water partition coefficient (Wildman–Crippen LogP) is 5.10. The van der Waals surface area contributed by atoms with Crippen molar-refractivity contribution >= 4 is 21.7 Å². The van der Waals surface area contributed by atoms with E-state index in [4.69, 9.17) is 4.98 Å². The lowest BCUT2D eigenvalue weighted by Gasteiger charge is -2.06. The second-order valence-corrected chi connectivity index (χ2v) is 5.62. The van der Waals surface area contributed by atoms with E-state index >= 15 is 0 Å². The van der Waals surface area contributed by atoms with Gasteiger partial charge in [0.1, 0.15) is 5.69 Å². The van der Waals surface area contributed by atoms with Crippen LogP contribution >= 0.6 is 0 Å². The van der Waals surface area contributed by atoms with Gasteiger partial charge in [-0.05, 0) is 42.0 Å². The minimum absolute atomic E-state index is 0.815. The zero-order valence-corrected chi connectivity index (χ0v) is 12.9. The largest absolute Gasteiger partial charge is 0.239 e. The molecule has 4 rings (SSSR count). The van der Waals surface area contributed by atoms with Crippen LogP contribution in [-0.4, -0.2) is 4.98 Å². The number of rotatable bonds is 0. The Balaban J connectivity index is 1.92. The highest BCUT2D eigenvalue weighted by molar-refractivity contribution is 6.06. The highest BCUT2D eigenvalue weighted by Crippen LogP contribution is 2.26. The minimum atomic E-state index is 0.815. The van der Waals surface area contributed by atoms with Gasteiger partial charge in [-0.3, -0.25) is 0 Å². The zero-order valence-electron chi connectivity index (χ0n) is 12.9. The Bertz CT molecular complexity index is 1070. The van der Waals surface area contributed by atoms with Crippen LogP contribution in [0.5, 0.6) is 0 Å². The van der Waals surface area contributed by atoms with Gasteiger partial charge in [0.15, 0.2) is 0 Å². The van der Waals surface area contributed by atoms with E-state index in [2.05, 4.69) is 61.2 Å². The monoisotopic (exact) mass is 293 g/mol. The number of benzene rings is 3. The molecule has 1 heteroatoms. The molecule has 0 radical (unpaired) electrons. The average molecular weight is 293 g/mol. The van der Waals surface area contributed by atoms with Crippen LogP contribution in [0.1, 0.15) is 16.8 Å². The van der Waals surface area contributed by atoms with Gasteiger partial charge in [-0.25, -0.2) is 4.98 Å². The molecule has 1 nitrogen and oxygen atoms in total. The number of aromatic nitrogens is 1. The van der Waals surface area contributed by atoms with Gasteiger partial charge in [0, 0.05) is 16.3 Å². The van der Waals surface area contributed by atoms with E-state index in [9.17, 15) is 0 Å². The van der Waals surface area contributed by atoms with Gasteiger partial charge in [0.05, 0.1) is 5.52 Å². The molecule has 4 aromatic rings. The molecule has 0 saturated heterocycles. The molecule has 0 amide bonds. The van der Waals surface area contributed by atoms with Crippen molar-refractivity contribution in [3.05, 3.63) is 89.6 Å². The van der Waals surface area contributed by atoms with Crippen LogP contribution in [0.4, 0.5) is 0 Å². The Labute approximate surface area is 135 Å². The average Bonchev–Trinajstić information content (AvgIpc) is 2.61. The predicted molar refractivity (Wildman–Crippen MR) is 96.4 cm³/mol. The second kappa shape index (κ2) is 5.59. The summed E-state index contributed by atoms with van der Waals surface area (Å²) >= 11 is 0. The molecule has 0 saturated carbocycles. The first-order valence-corrected chi connectivity index (χ1v) is 7.67. The summed E-state index contributed by atoms with van der Waals surface area (Å²) in [7, 11) is 0.